The van der Waals surface area contributed by atoms with Gasteiger partial charge in [0, 0.05) is 17.9 Å². The van der Waals surface area contributed by atoms with Gasteiger partial charge < -0.3 is 28.0 Å². The normalized spacial score (nSPS) is 11.8. The maximum atomic E-state index is 13.5. The van der Waals surface area contributed by atoms with E-state index in [2.05, 4.69) is 4.99 Å². The van der Waals surface area contributed by atoms with Crippen molar-refractivity contribution in [2.24, 2.45) is 4.99 Å². The van der Waals surface area contributed by atoms with Gasteiger partial charge in [0.2, 0.25) is 0 Å². The largest absolute Gasteiger partial charge is 0.493 e. The first-order valence-corrected chi connectivity index (χ1v) is 14.3. The molecule has 0 saturated carbocycles. The van der Waals surface area contributed by atoms with E-state index in [0.717, 1.165) is 5.56 Å². The number of aromatic nitrogens is 1. The van der Waals surface area contributed by atoms with Crippen LogP contribution in [-0.4, -0.2) is 57.3 Å². The Hall–Kier alpha value is -3.79. The Kier molecular flexibility index (Phi) is 11.2. The zero-order valence-electron chi connectivity index (χ0n) is 23.2. The first-order chi connectivity index (χ1) is 19.2. The average molecular weight is 573 g/mol. The van der Waals surface area contributed by atoms with Crippen molar-refractivity contribution >= 4 is 36.3 Å². The zero-order valence-corrected chi connectivity index (χ0v) is 24.1. The van der Waals surface area contributed by atoms with E-state index < -0.39 is 19.7 Å². The number of hydrogen-bond acceptors (Lipinski definition) is 10. The highest BCUT2D eigenvalue weighted by Gasteiger charge is 2.28. The van der Waals surface area contributed by atoms with Gasteiger partial charge in [0.25, 0.3) is 0 Å². The van der Waals surface area contributed by atoms with E-state index >= 15 is 0 Å². The molecule has 1 aromatic heterocycles. The fraction of sp³-hybridized carbons (Fsp3) is 0.357. The van der Waals surface area contributed by atoms with Crippen LogP contribution in [0.25, 0.3) is 10.9 Å². The number of fused-ring (bicyclic) bond motifs is 1. The number of aliphatic imine (C=N–C) groups is 1. The molecule has 1 heterocycles. The summed E-state index contributed by atoms with van der Waals surface area (Å²) in [6.07, 6.45) is -1.31. The average Bonchev–Trinajstić information content (AvgIpc) is 2.95. The van der Waals surface area contributed by atoms with Crippen molar-refractivity contribution in [1.29, 1.82) is 0 Å². The van der Waals surface area contributed by atoms with Gasteiger partial charge >= 0.3 is 19.7 Å². The van der Waals surface area contributed by atoms with Crippen LogP contribution in [-0.2, 0) is 47.1 Å². The molecule has 0 aliphatic carbocycles. The zero-order chi connectivity index (χ0) is 29.1. The van der Waals surface area contributed by atoms with Gasteiger partial charge in [-0.25, -0.2) is 9.59 Å². The number of nitrogens with zero attached hydrogens (tertiary/aromatic N) is 2. The van der Waals surface area contributed by atoms with Gasteiger partial charge in [-0.1, -0.05) is 30.3 Å². The lowest BCUT2D eigenvalue weighted by molar-refractivity contribution is -0.132. The summed E-state index contributed by atoms with van der Waals surface area (Å²) in [4.78, 5) is 33.8. The monoisotopic (exact) mass is 572 g/mol. The first-order valence-electron chi connectivity index (χ1n) is 12.5. The molecule has 1 amide bonds. The fourth-order valence-electron chi connectivity index (χ4n) is 3.90. The summed E-state index contributed by atoms with van der Waals surface area (Å²) in [5, 5.41) is 0.662. The van der Waals surface area contributed by atoms with Gasteiger partial charge in [-0.2, -0.15) is 4.99 Å². The Balaban J connectivity index is 2.06. The highest BCUT2D eigenvalue weighted by Crippen LogP contribution is 2.52. The predicted octanol–water partition coefficient (Wildman–Crippen LogP) is 5.51. The number of carbonyl (C=O) groups is 2. The minimum absolute atomic E-state index is 0.0232. The van der Waals surface area contributed by atoms with E-state index in [9.17, 15) is 14.2 Å². The van der Waals surface area contributed by atoms with Crippen molar-refractivity contribution in [3.63, 3.8) is 0 Å². The molecular weight excluding hydrogens is 539 g/mol. The number of pyridine rings is 1. The summed E-state index contributed by atoms with van der Waals surface area (Å²) >= 11 is 0. The molecule has 2 aromatic carbocycles. The summed E-state index contributed by atoms with van der Waals surface area (Å²) in [6, 6.07) is 14.2. The quantitative estimate of drug-likeness (QED) is 0.147. The molecular formula is C28H33N2O9P. The molecule has 0 N–H and O–H groups in total. The molecule has 11 nitrogen and oxygen atoms in total. The van der Waals surface area contributed by atoms with Crippen molar-refractivity contribution in [3.05, 3.63) is 65.4 Å². The number of hydrogen-bond donors (Lipinski definition) is 0. The Morgan fingerprint density at radius 2 is 1.57 bits per heavy atom. The van der Waals surface area contributed by atoms with Crippen LogP contribution in [0.1, 0.15) is 30.7 Å². The molecule has 0 saturated heterocycles. The highest BCUT2D eigenvalue weighted by atomic mass is 31.2. The number of esters is 1. The van der Waals surface area contributed by atoms with E-state index in [1.165, 1.54) is 21.3 Å². The summed E-state index contributed by atoms with van der Waals surface area (Å²) in [7, 11) is 0.625. The number of rotatable bonds is 13. The van der Waals surface area contributed by atoms with Gasteiger partial charge in [-0.3, -0.25) is 9.55 Å². The van der Waals surface area contributed by atoms with Gasteiger partial charge in [-0.05, 0) is 37.1 Å². The third-order valence-electron chi connectivity index (χ3n) is 5.69. The third kappa shape index (κ3) is 8.11. The van der Waals surface area contributed by atoms with E-state index in [1.807, 2.05) is 18.2 Å². The number of benzene rings is 2. The molecule has 40 heavy (non-hydrogen) atoms. The molecule has 0 spiro atoms. The van der Waals surface area contributed by atoms with Crippen LogP contribution in [0.5, 0.6) is 11.5 Å². The Bertz CT molecular complexity index is 1400. The summed E-state index contributed by atoms with van der Waals surface area (Å²) < 4.78 is 45.4. The molecule has 0 radical (unpaired) electrons. The molecule has 12 heteroatoms. The van der Waals surface area contributed by atoms with Crippen LogP contribution in [0.2, 0.25) is 0 Å². The van der Waals surface area contributed by atoms with Gasteiger partial charge in [-0.15, -0.1) is 0 Å². The summed E-state index contributed by atoms with van der Waals surface area (Å²) in [6.45, 7) is 3.74. The second-order valence-electron chi connectivity index (χ2n) is 8.37. The fourth-order valence-corrected chi connectivity index (χ4v) is 5.64. The second-order valence-corrected chi connectivity index (χ2v) is 10.4. The van der Waals surface area contributed by atoms with E-state index in [-0.39, 0.29) is 38.1 Å². The van der Waals surface area contributed by atoms with Gasteiger partial charge in [0.05, 0.1) is 51.9 Å². The highest BCUT2D eigenvalue weighted by molar-refractivity contribution is 7.53. The number of methoxy groups -OCH3 is 3. The Morgan fingerprint density at radius 1 is 0.925 bits per heavy atom. The predicted molar refractivity (Wildman–Crippen MR) is 149 cm³/mol. The smallest absolute Gasteiger partial charge is 0.434 e. The maximum absolute atomic E-state index is 13.5. The van der Waals surface area contributed by atoms with E-state index in [4.69, 9.17) is 33.0 Å². The van der Waals surface area contributed by atoms with Crippen LogP contribution in [0, 0.1) is 0 Å². The molecule has 214 valence electrons. The molecule has 0 aliphatic rings. The molecule has 0 bridgehead atoms. The summed E-state index contributed by atoms with van der Waals surface area (Å²) in [5.41, 5.74) is 1.82. The van der Waals surface area contributed by atoms with E-state index in [0.29, 0.717) is 33.7 Å². The minimum atomic E-state index is -3.57. The van der Waals surface area contributed by atoms with Crippen LogP contribution in [0.15, 0.2) is 53.5 Å². The van der Waals surface area contributed by atoms with Crippen LogP contribution in [0.3, 0.4) is 0 Å². The molecule has 0 fully saturated rings. The molecule has 0 aliphatic heterocycles. The minimum Gasteiger partial charge on any atom is -0.493 e. The number of ether oxygens (including phenoxy) is 4. The number of amides is 1. The van der Waals surface area contributed by atoms with Crippen molar-refractivity contribution in [2.75, 3.05) is 34.5 Å². The van der Waals surface area contributed by atoms with Crippen LogP contribution >= 0.6 is 7.60 Å². The lowest BCUT2D eigenvalue weighted by Crippen LogP contribution is -2.22. The lowest BCUT2D eigenvalue weighted by atomic mass is 10.1. The number of carbonyl (C=O) groups excluding carboxylic acids is 2. The second kappa shape index (κ2) is 14.6. The molecule has 0 unspecified atom stereocenters. The van der Waals surface area contributed by atoms with Gasteiger partial charge in [0.15, 0.2) is 11.5 Å². The van der Waals surface area contributed by atoms with E-state index in [1.54, 1.807) is 44.2 Å². The topological polar surface area (TPSA) is 132 Å². The molecule has 0 atom stereocenters. The van der Waals surface area contributed by atoms with Crippen molar-refractivity contribution in [2.45, 2.75) is 33.0 Å². The standard InChI is InChI=1S/C28H33N2O9P/c1-6-38-40(33,39-7-2)18-21-13-20-14-25(34-3)26(35-4)16-23(20)29-22(21)15-24(27(31)36-5)30-28(32)37-17-19-11-9-8-10-12-19/h8-14,16H,6-7,15,17-18H2,1-5H3. The molecule has 3 aromatic rings. The maximum Gasteiger partial charge on any atom is 0.434 e. The van der Waals surface area contributed by atoms with Crippen molar-refractivity contribution < 1.29 is 42.1 Å². The lowest BCUT2D eigenvalue weighted by Gasteiger charge is -2.19. The SMILES string of the molecule is CCOP(=O)(Cc1cc2cc(OC)c(OC)cc2nc1CC(=NC(=O)OCc1ccccc1)C(=O)OC)OCC. The Labute approximate surface area is 232 Å². The molecule has 3 rings (SSSR count). The van der Waals surface area contributed by atoms with Crippen molar-refractivity contribution in [1.82, 2.24) is 4.98 Å². The third-order valence-corrected chi connectivity index (χ3v) is 7.72. The van der Waals surface area contributed by atoms with Gasteiger partial charge in [0.1, 0.15) is 12.3 Å². The summed E-state index contributed by atoms with van der Waals surface area (Å²) in [5.74, 6) is 0.0859. The van der Waals surface area contributed by atoms with Crippen LogP contribution in [0.4, 0.5) is 4.79 Å². The Morgan fingerprint density at radius 3 is 2.17 bits per heavy atom. The van der Waals surface area contributed by atoms with Crippen LogP contribution < -0.4 is 9.47 Å². The first kappa shape index (κ1) is 30.7. The van der Waals surface area contributed by atoms with Crippen molar-refractivity contribution in [3.8, 4) is 11.5 Å².